The maximum atomic E-state index is 6.52. The van der Waals surface area contributed by atoms with Gasteiger partial charge in [0, 0.05) is 49.0 Å². The van der Waals surface area contributed by atoms with Crippen molar-refractivity contribution in [3.05, 3.63) is 206 Å². The molecule has 0 aliphatic heterocycles. The number of para-hydroxylation sites is 3. The van der Waals surface area contributed by atoms with Crippen LogP contribution in [0.3, 0.4) is 0 Å². The van der Waals surface area contributed by atoms with E-state index in [-0.39, 0.29) is 0 Å². The minimum Gasteiger partial charge on any atom is -0.456 e. The summed E-state index contributed by atoms with van der Waals surface area (Å²) in [5, 5.41) is 7.77. The van der Waals surface area contributed by atoms with E-state index in [1.54, 1.807) is 0 Å². The van der Waals surface area contributed by atoms with E-state index in [1.807, 2.05) is 6.07 Å². The van der Waals surface area contributed by atoms with Gasteiger partial charge in [-0.1, -0.05) is 164 Å². The molecule has 0 N–H and O–H groups in total. The van der Waals surface area contributed by atoms with Gasteiger partial charge in [0.2, 0.25) is 5.95 Å². The van der Waals surface area contributed by atoms with Crippen molar-refractivity contribution in [2.45, 2.75) is 0 Å². The molecule has 0 aliphatic rings. The number of fused-ring (bicyclic) bond motifs is 12. The Morgan fingerprint density at radius 2 is 0.967 bits per heavy atom. The smallest absolute Gasteiger partial charge is 0.235 e. The van der Waals surface area contributed by atoms with Crippen LogP contribution in [0.25, 0.3) is 122 Å². The number of aromatic nitrogens is 4. The molecule has 5 nitrogen and oxygen atoms in total. The monoisotopic (exact) mass is 778 g/mol. The van der Waals surface area contributed by atoms with E-state index in [0.29, 0.717) is 5.95 Å². The van der Waals surface area contributed by atoms with Crippen LogP contribution in [0.15, 0.2) is 211 Å². The maximum Gasteiger partial charge on any atom is 0.235 e. The molecule has 0 bridgehead atoms. The molecule has 13 aromatic rings. The zero-order chi connectivity index (χ0) is 40.0. The van der Waals surface area contributed by atoms with E-state index in [2.05, 4.69) is 209 Å². The Morgan fingerprint density at radius 1 is 0.344 bits per heavy atom. The number of rotatable bonds is 5. The fourth-order valence-corrected chi connectivity index (χ4v) is 9.62. The van der Waals surface area contributed by atoms with Gasteiger partial charge in [-0.25, -0.2) is 9.97 Å². The minimum absolute atomic E-state index is 0.619. The number of furan rings is 1. The average molecular weight is 779 g/mol. The van der Waals surface area contributed by atoms with Crippen LogP contribution in [0.4, 0.5) is 0 Å². The van der Waals surface area contributed by atoms with Crippen molar-refractivity contribution in [3.8, 4) is 45.1 Å². The Labute approximate surface area is 350 Å². The van der Waals surface area contributed by atoms with Gasteiger partial charge in [-0.2, -0.15) is 0 Å². The lowest BCUT2D eigenvalue weighted by Gasteiger charge is -2.14. The van der Waals surface area contributed by atoms with Crippen molar-refractivity contribution in [3.63, 3.8) is 0 Å². The van der Waals surface area contributed by atoms with Gasteiger partial charge in [-0.05, 0) is 64.7 Å². The van der Waals surface area contributed by atoms with Crippen molar-refractivity contribution in [1.29, 1.82) is 0 Å². The van der Waals surface area contributed by atoms with Gasteiger partial charge in [0.1, 0.15) is 11.2 Å². The lowest BCUT2D eigenvalue weighted by Crippen LogP contribution is -2.05. The van der Waals surface area contributed by atoms with Crippen LogP contribution < -0.4 is 0 Å². The normalized spacial score (nSPS) is 11.9. The first-order valence-corrected chi connectivity index (χ1v) is 20.7. The molecule has 0 fully saturated rings. The van der Waals surface area contributed by atoms with Crippen LogP contribution >= 0.6 is 0 Å². The second-order valence-electron chi connectivity index (χ2n) is 15.7. The molecule has 0 radical (unpaired) electrons. The average Bonchev–Trinajstić information content (AvgIpc) is 3.99. The van der Waals surface area contributed by atoms with Crippen molar-refractivity contribution in [2.24, 2.45) is 0 Å². The summed E-state index contributed by atoms with van der Waals surface area (Å²) in [5.41, 5.74) is 14.5. The third-order valence-electron chi connectivity index (χ3n) is 12.3. The Bertz CT molecular complexity index is 3860. The highest BCUT2D eigenvalue weighted by molar-refractivity contribution is 6.31. The molecule has 5 heteroatoms. The molecule has 0 unspecified atom stereocenters. The van der Waals surface area contributed by atoms with E-state index in [4.69, 9.17) is 14.4 Å². The Kier molecular flexibility index (Phi) is 7.24. The van der Waals surface area contributed by atoms with Crippen molar-refractivity contribution in [1.82, 2.24) is 19.1 Å². The number of hydrogen-bond donors (Lipinski definition) is 0. The molecule has 0 saturated heterocycles. The van der Waals surface area contributed by atoms with Gasteiger partial charge < -0.3 is 8.98 Å². The van der Waals surface area contributed by atoms with Crippen LogP contribution in [0, 0.1) is 0 Å². The molecule has 284 valence electrons. The van der Waals surface area contributed by atoms with Gasteiger partial charge in [0.25, 0.3) is 0 Å². The predicted molar refractivity (Wildman–Crippen MR) is 252 cm³/mol. The second kappa shape index (κ2) is 13.1. The number of nitrogens with zero attached hydrogens (tertiary/aromatic N) is 4. The molecule has 13 rings (SSSR count). The zero-order valence-electron chi connectivity index (χ0n) is 32.8. The summed E-state index contributed by atoms with van der Waals surface area (Å²) in [7, 11) is 0. The summed E-state index contributed by atoms with van der Waals surface area (Å²) in [6.07, 6.45) is 0. The summed E-state index contributed by atoms with van der Waals surface area (Å²) < 4.78 is 11.3. The standard InChI is InChI=1S/C56H34N4O/c1-3-14-35(15-4-1)37-26-28-38(29-27-37)53-43-21-7-10-23-46(43)57-56(58-53)60-47-24-11-8-20-41(47)42-30-31-45-51-48(32-33-50-52(51)44-22-9-12-25-49(44)61-50)59(55(45)54(42)60)40-19-13-18-39(34-40)36-16-5-2-6-17-36/h1-34H. The van der Waals surface area contributed by atoms with E-state index in [0.717, 1.165) is 105 Å². The maximum absolute atomic E-state index is 6.52. The molecule has 4 aromatic heterocycles. The molecule has 0 spiro atoms. The van der Waals surface area contributed by atoms with Gasteiger partial charge in [0.15, 0.2) is 0 Å². The summed E-state index contributed by atoms with van der Waals surface area (Å²) in [5.74, 6) is 0.619. The predicted octanol–water partition coefficient (Wildman–Crippen LogP) is 14.7. The first-order chi connectivity index (χ1) is 30.3. The molecule has 0 aliphatic carbocycles. The van der Waals surface area contributed by atoms with Crippen LogP contribution in [-0.4, -0.2) is 19.1 Å². The molecule has 9 aromatic carbocycles. The zero-order valence-corrected chi connectivity index (χ0v) is 32.8. The van der Waals surface area contributed by atoms with Crippen molar-refractivity contribution in [2.75, 3.05) is 0 Å². The number of benzene rings is 9. The van der Waals surface area contributed by atoms with Gasteiger partial charge in [0.05, 0.1) is 33.3 Å². The second-order valence-corrected chi connectivity index (χ2v) is 15.7. The SMILES string of the molecule is c1ccc(-c2ccc(-c3nc(-n4c5ccccc5c5ccc6c7c8c(ccc7n(-c7cccc(-c9ccccc9)c7)c6c54)oc4ccccc48)nc4ccccc34)cc2)cc1. The summed E-state index contributed by atoms with van der Waals surface area (Å²) in [6.45, 7) is 0. The topological polar surface area (TPSA) is 48.8 Å². The molecule has 0 atom stereocenters. The van der Waals surface area contributed by atoms with Crippen LogP contribution in [0.2, 0.25) is 0 Å². The van der Waals surface area contributed by atoms with Crippen molar-refractivity contribution >= 4 is 76.5 Å². The lowest BCUT2D eigenvalue weighted by molar-refractivity contribution is 0.669. The van der Waals surface area contributed by atoms with Gasteiger partial charge in [-0.3, -0.25) is 4.57 Å². The minimum atomic E-state index is 0.619. The first-order valence-electron chi connectivity index (χ1n) is 20.7. The summed E-state index contributed by atoms with van der Waals surface area (Å²) in [6, 6.07) is 73.0. The molecule has 0 amide bonds. The van der Waals surface area contributed by atoms with Crippen molar-refractivity contribution < 1.29 is 4.42 Å². The third-order valence-corrected chi connectivity index (χ3v) is 12.3. The van der Waals surface area contributed by atoms with Crippen LogP contribution in [0.1, 0.15) is 0 Å². The van der Waals surface area contributed by atoms with Crippen LogP contribution in [-0.2, 0) is 0 Å². The molecular weight excluding hydrogens is 745 g/mol. The molecule has 0 saturated carbocycles. The Morgan fingerprint density at radius 3 is 1.79 bits per heavy atom. The fraction of sp³-hybridized carbons (Fsp3) is 0. The van der Waals surface area contributed by atoms with Gasteiger partial charge in [-0.15, -0.1) is 0 Å². The third kappa shape index (κ3) is 5.08. The van der Waals surface area contributed by atoms with Crippen LogP contribution in [0.5, 0.6) is 0 Å². The Hall–Kier alpha value is -8.28. The number of hydrogen-bond acceptors (Lipinski definition) is 3. The fourth-order valence-electron chi connectivity index (χ4n) is 9.62. The highest BCUT2D eigenvalue weighted by atomic mass is 16.3. The lowest BCUT2D eigenvalue weighted by atomic mass is 10.0. The molecule has 4 heterocycles. The first kappa shape index (κ1) is 33.7. The van der Waals surface area contributed by atoms with Gasteiger partial charge >= 0.3 is 0 Å². The molecular formula is C56H34N4O. The Balaban J connectivity index is 1.17. The highest BCUT2D eigenvalue weighted by Crippen LogP contribution is 2.46. The largest absolute Gasteiger partial charge is 0.456 e. The highest BCUT2D eigenvalue weighted by Gasteiger charge is 2.25. The quantitative estimate of drug-likeness (QED) is 0.175. The van der Waals surface area contributed by atoms with E-state index < -0.39 is 0 Å². The summed E-state index contributed by atoms with van der Waals surface area (Å²) >= 11 is 0. The summed E-state index contributed by atoms with van der Waals surface area (Å²) in [4.78, 5) is 10.9. The van der Waals surface area contributed by atoms with E-state index >= 15 is 0 Å². The molecule has 61 heavy (non-hydrogen) atoms. The van der Waals surface area contributed by atoms with E-state index in [9.17, 15) is 0 Å². The van der Waals surface area contributed by atoms with E-state index in [1.165, 1.54) is 11.1 Å².